The first-order valence-electron chi connectivity index (χ1n) is 11.0. The maximum atomic E-state index is 12.6. The summed E-state index contributed by atoms with van der Waals surface area (Å²) in [6, 6.07) is 2.04. The van der Waals surface area contributed by atoms with E-state index in [2.05, 4.69) is 9.98 Å². The third-order valence-corrected chi connectivity index (χ3v) is 6.04. The van der Waals surface area contributed by atoms with Gasteiger partial charge >= 0.3 is 11.9 Å². The molecule has 2 saturated heterocycles. The van der Waals surface area contributed by atoms with Gasteiger partial charge in [-0.05, 0) is 50.7 Å². The molecule has 3 heterocycles. The Morgan fingerprint density at radius 3 is 2.40 bits per heavy atom. The molecule has 0 radical (unpaired) electrons. The fourth-order valence-electron chi connectivity index (χ4n) is 4.31. The van der Waals surface area contributed by atoms with Crippen LogP contribution >= 0.6 is 0 Å². The van der Waals surface area contributed by atoms with Crippen LogP contribution in [0.15, 0.2) is 23.3 Å². The molecular weight excluding hydrogens is 460 g/mol. The molecule has 2 atom stereocenters. The topological polar surface area (TPSA) is 222 Å². The fraction of sp³-hybridized carbons (Fsp3) is 0.500. The van der Waals surface area contributed by atoms with E-state index in [0.717, 1.165) is 0 Å². The van der Waals surface area contributed by atoms with Gasteiger partial charge in [0.1, 0.15) is 29.3 Å². The van der Waals surface area contributed by atoms with Gasteiger partial charge in [-0.2, -0.15) is 0 Å². The Bertz CT molecular complexity index is 958. The van der Waals surface area contributed by atoms with Crippen LogP contribution in [0.25, 0.3) is 0 Å². The summed E-state index contributed by atoms with van der Waals surface area (Å²) in [5.74, 6) is -3.50. The minimum absolute atomic E-state index is 0.133. The first-order chi connectivity index (χ1) is 16.5. The molecule has 0 bridgehead atoms. The molecule has 0 aliphatic carbocycles. The highest BCUT2D eigenvalue weighted by molar-refractivity contribution is 6.22. The second kappa shape index (κ2) is 12.0. The molecule has 2 fully saturated rings. The summed E-state index contributed by atoms with van der Waals surface area (Å²) >= 11 is 0. The highest BCUT2D eigenvalue weighted by Crippen LogP contribution is 2.41. The lowest BCUT2D eigenvalue weighted by atomic mass is 9.76. The highest BCUT2D eigenvalue weighted by atomic mass is 16.5. The van der Waals surface area contributed by atoms with E-state index in [-0.39, 0.29) is 11.8 Å². The highest BCUT2D eigenvalue weighted by Gasteiger charge is 2.55. The van der Waals surface area contributed by atoms with Gasteiger partial charge in [0.15, 0.2) is 0 Å². The monoisotopic (exact) mass is 490 g/mol. The number of amides is 2. The molecule has 2 amide bonds. The number of carbonyl (C=O) groups is 4. The normalized spacial score (nSPS) is 21.1. The number of aliphatic imine (C=N–C) groups is 1. The van der Waals surface area contributed by atoms with Gasteiger partial charge in [0.2, 0.25) is 11.8 Å². The minimum atomic E-state index is -1.24. The number of primary amides is 1. The van der Waals surface area contributed by atoms with Crippen molar-refractivity contribution in [1.82, 2.24) is 9.88 Å². The molecule has 7 N–H and O–H groups in total. The number of likely N-dealkylation sites (tertiary alicyclic amines) is 1. The van der Waals surface area contributed by atoms with E-state index in [0.29, 0.717) is 62.9 Å². The lowest BCUT2D eigenvalue weighted by Crippen LogP contribution is -2.60. The summed E-state index contributed by atoms with van der Waals surface area (Å²) in [6.07, 6.45) is 4.19. The molecule has 0 unspecified atom stereocenters. The number of ether oxygens (including phenoxy) is 1. The molecule has 3 rings (SSSR count). The lowest BCUT2D eigenvalue weighted by Gasteiger charge is -2.43. The summed E-state index contributed by atoms with van der Waals surface area (Å²) in [5.41, 5.74) is 9.53. The number of aromatic nitrogens is 1. The Morgan fingerprint density at radius 2 is 1.91 bits per heavy atom. The van der Waals surface area contributed by atoms with Gasteiger partial charge in [0.25, 0.3) is 0 Å². The van der Waals surface area contributed by atoms with Crippen LogP contribution in [0, 0.1) is 11.3 Å². The van der Waals surface area contributed by atoms with Crippen LogP contribution in [-0.4, -0.2) is 87.2 Å². The number of nitrogen functional groups attached to an aromatic ring is 1. The second-order valence-corrected chi connectivity index (χ2v) is 8.21. The van der Waals surface area contributed by atoms with Crippen LogP contribution in [0.2, 0.25) is 0 Å². The molecule has 190 valence electrons. The number of pyridine rings is 1. The van der Waals surface area contributed by atoms with E-state index < -0.39 is 35.3 Å². The zero-order valence-electron chi connectivity index (χ0n) is 19.3. The number of carbonyl (C=O) groups excluding carboxylic acids is 2. The zero-order chi connectivity index (χ0) is 26.2. The third kappa shape index (κ3) is 6.59. The van der Waals surface area contributed by atoms with Crippen LogP contribution in [0.3, 0.4) is 0 Å². The summed E-state index contributed by atoms with van der Waals surface area (Å²) in [7, 11) is 0. The molecule has 2 aliphatic rings. The van der Waals surface area contributed by atoms with Gasteiger partial charge in [0.05, 0.1) is 5.56 Å². The number of rotatable bonds is 7. The van der Waals surface area contributed by atoms with E-state index in [4.69, 9.17) is 26.7 Å². The number of hydrogen-bond acceptors (Lipinski definition) is 8. The molecule has 0 spiro atoms. The number of nitrogens with two attached hydrogens (primary N) is 2. The Labute approximate surface area is 201 Å². The van der Waals surface area contributed by atoms with Crippen molar-refractivity contribution in [1.29, 1.82) is 5.41 Å². The summed E-state index contributed by atoms with van der Waals surface area (Å²) in [5, 5.41) is 25.5. The van der Waals surface area contributed by atoms with Crippen molar-refractivity contribution in [3.8, 4) is 0 Å². The Balaban J connectivity index is 0.000000303. The van der Waals surface area contributed by atoms with Gasteiger partial charge < -0.3 is 31.3 Å². The Hall–Kier alpha value is -3.87. The van der Waals surface area contributed by atoms with Gasteiger partial charge in [-0.15, -0.1) is 0 Å². The number of nitrogens with one attached hydrogen (secondary N) is 1. The second-order valence-electron chi connectivity index (χ2n) is 8.21. The van der Waals surface area contributed by atoms with E-state index >= 15 is 0 Å². The molecule has 0 aromatic carbocycles. The zero-order valence-corrected chi connectivity index (χ0v) is 19.3. The smallest absolute Gasteiger partial charge is 0.346 e. The van der Waals surface area contributed by atoms with Crippen molar-refractivity contribution in [3.05, 3.63) is 29.6 Å². The predicted molar refractivity (Wildman–Crippen MR) is 124 cm³/mol. The van der Waals surface area contributed by atoms with Crippen LogP contribution in [-0.2, 0) is 19.1 Å². The molecule has 35 heavy (non-hydrogen) atoms. The van der Waals surface area contributed by atoms with Crippen molar-refractivity contribution in [2.45, 2.75) is 44.2 Å². The molecule has 1 aromatic rings. The standard InChI is InChI=1S/C15H22N2O6.C7H8N4O/c1-10(16-9-12(18)19)13(20)17-6-2-5-15(17,14(21)22)11-3-7-23-8-4-11;8-6(9)5-2-1-4(3-11-5)7(10)12/h9-11H,2-8H2,1H3,(H,18,19)(H,21,22);1-3H,(H3,8,9)(H2,10,12)/t10-,15+;/m0./s1. The molecule has 13 nitrogen and oxygen atoms in total. The first kappa shape index (κ1) is 27.4. The largest absolute Gasteiger partial charge is 0.479 e. The van der Waals surface area contributed by atoms with Crippen molar-refractivity contribution >= 4 is 35.8 Å². The average molecular weight is 491 g/mol. The fourth-order valence-corrected chi connectivity index (χ4v) is 4.31. The molecule has 2 aliphatic heterocycles. The van der Waals surface area contributed by atoms with E-state index in [1.165, 1.54) is 30.2 Å². The van der Waals surface area contributed by atoms with Crippen LogP contribution in [0.1, 0.15) is 48.7 Å². The number of amidine groups is 1. The maximum Gasteiger partial charge on any atom is 0.346 e. The lowest BCUT2D eigenvalue weighted by molar-refractivity contribution is -0.163. The van der Waals surface area contributed by atoms with E-state index in [1.807, 2.05) is 0 Å². The quantitative estimate of drug-likeness (QED) is 0.253. The van der Waals surface area contributed by atoms with Crippen LogP contribution < -0.4 is 11.5 Å². The van der Waals surface area contributed by atoms with Gasteiger partial charge in [0, 0.05) is 26.0 Å². The van der Waals surface area contributed by atoms with Crippen LogP contribution in [0.4, 0.5) is 0 Å². The average Bonchev–Trinajstić information content (AvgIpc) is 3.29. The molecular formula is C22H30N6O7. The molecule has 1 aromatic heterocycles. The van der Waals surface area contributed by atoms with Gasteiger partial charge in [-0.25, -0.2) is 9.59 Å². The Morgan fingerprint density at radius 1 is 1.26 bits per heavy atom. The first-order valence-corrected chi connectivity index (χ1v) is 11.0. The number of nitrogens with zero attached hydrogens (tertiary/aromatic N) is 3. The summed E-state index contributed by atoms with van der Waals surface area (Å²) < 4.78 is 5.31. The van der Waals surface area contributed by atoms with Crippen LogP contribution in [0.5, 0.6) is 0 Å². The van der Waals surface area contributed by atoms with E-state index in [9.17, 15) is 24.3 Å². The van der Waals surface area contributed by atoms with Gasteiger partial charge in [-0.1, -0.05) is 0 Å². The number of hydrogen-bond donors (Lipinski definition) is 5. The number of carboxylic acids is 2. The minimum Gasteiger partial charge on any atom is -0.479 e. The SMILES string of the molecule is C[C@H](N=CC(=O)O)C(=O)N1CCC[C@]1(C(=O)O)C1CCOCC1.N=C(N)c1ccc(C(N)=O)cn1. The number of carboxylic acid groups (broad SMARTS) is 2. The van der Waals surface area contributed by atoms with Crippen molar-refractivity contribution in [3.63, 3.8) is 0 Å². The number of aliphatic carboxylic acids is 2. The molecule has 13 heteroatoms. The van der Waals surface area contributed by atoms with Crippen molar-refractivity contribution in [2.75, 3.05) is 19.8 Å². The van der Waals surface area contributed by atoms with Crippen molar-refractivity contribution < 1.29 is 34.1 Å². The third-order valence-electron chi connectivity index (χ3n) is 6.04. The van der Waals surface area contributed by atoms with Gasteiger partial charge in [-0.3, -0.25) is 25.0 Å². The Kier molecular flexibility index (Phi) is 9.40. The summed E-state index contributed by atoms with van der Waals surface area (Å²) in [6.45, 7) is 2.83. The predicted octanol–water partition coefficient (Wildman–Crippen LogP) is -0.133. The van der Waals surface area contributed by atoms with E-state index in [1.54, 1.807) is 0 Å². The summed E-state index contributed by atoms with van der Waals surface area (Å²) in [4.78, 5) is 54.7. The molecule has 0 saturated carbocycles. The maximum absolute atomic E-state index is 12.6. The van der Waals surface area contributed by atoms with Crippen molar-refractivity contribution in [2.24, 2.45) is 22.4 Å².